The Hall–Kier alpha value is -1.75. The smallest absolute Gasteiger partial charge is 0.338 e. The van der Waals surface area contributed by atoms with Crippen molar-refractivity contribution in [1.82, 2.24) is 4.90 Å². The summed E-state index contributed by atoms with van der Waals surface area (Å²) in [6.07, 6.45) is 1.16. The topological polar surface area (TPSA) is 72.6 Å². The van der Waals surface area contributed by atoms with E-state index < -0.39 is 12.1 Å². The molecule has 0 bridgehead atoms. The van der Waals surface area contributed by atoms with Gasteiger partial charge in [-0.15, -0.1) is 0 Å². The molecule has 5 nitrogen and oxygen atoms in total. The number of likely N-dealkylation sites (tertiary alicyclic amines) is 1. The van der Waals surface area contributed by atoms with E-state index in [1.165, 1.54) is 18.2 Å². The number of amides is 1. The van der Waals surface area contributed by atoms with Gasteiger partial charge in [-0.2, -0.15) is 0 Å². The summed E-state index contributed by atoms with van der Waals surface area (Å²) in [5, 5.41) is 0.378. The number of hydrogen-bond acceptors (Lipinski definition) is 4. The molecule has 1 aromatic carbocycles. The van der Waals surface area contributed by atoms with E-state index in [1.54, 1.807) is 11.8 Å². The third-order valence-corrected chi connectivity index (χ3v) is 4.30. The van der Waals surface area contributed by atoms with Gasteiger partial charge in [0.2, 0.25) is 0 Å². The fraction of sp³-hybridized carbons (Fsp3) is 0.500. The molecule has 1 aliphatic heterocycles. The Morgan fingerprint density at radius 2 is 2.00 bits per heavy atom. The molecule has 0 aromatic heterocycles. The zero-order valence-corrected chi connectivity index (χ0v) is 13.6. The number of piperidine rings is 1. The lowest BCUT2D eigenvalue weighted by Crippen LogP contribution is -2.44. The van der Waals surface area contributed by atoms with Gasteiger partial charge in [0.25, 0.3) is 5.91 Å². The van der Waals surface area contributed by atoms with Gasteiger partial charge in [-0.3, -0.25) is 4.79 Å². The number of ether oxygens (including phenoxy) is 1. The van der Waals surface area contributed by atoms with Crippen LogP contribution >= 0.6 is 11.6 Å². The van der Waals surface area contributed by atoms with E-state index in [9.17, 15) is 9.59 Å². The Morgan fingerprint density at radius 1 is 1.36 bits per heavy atom. The van der Waals surface area contributed by atoms with Gasteiger partial charge in [-0.1, -0.05) is 18.5 Å². The number of carbonyl (C=O) groups excluding carboxylic acids is 2. The van der Waals surface area contributed by atoms with Crippen molar-refractivity contribution >= 4 is 29.2 Å². The zero-order valence-electron chi connectivity index (χ0n) is 12.8. The molecule has 1 heterocycles. The Labute approximate surface area is 135 Å². The molecule has 1 fully saturated rings. The van der Waals surface area contributed by atoms with Crippen LogP contribution in [0.3, 0.4) is 0 Å². The minimum atomic E-state index is -0.808. The summed E-state index contributed by atoms with van der Waals surface area (Å²) < 4.78 is 5.24. The number of hydrogen-bond donors (Lipinski definition) is 1. The largest absolute Gasteiger partial charge is 0.449 e. The molecular weight excluding hydrogens is 304 g/mol. The summed E-state index contributed by atoms with van der Waals surface area (Å²) in [5.41, 5.74) is 6.26. The maximum absolute atomic E-state index is 12.3. The third-order valence-electron chi connectivity index (χ3n) is 3.96. The average Bonchev–Trinajstić information content (AvgIpc) is 2.50. The summed E-state index contributed by atoms with van der Waals surface area (Å²) >= 11 is 5.82. The first-order chi connectivity index (χ1) is 10.4. The molecule has 120 valence electrons. The first-order valence-corrected chi connectivity index (χ1v) is 7.81. The van der Waals surface area contributed by atoms with E-state index in [1.807, 2.05) is 0 Å². The third kappa shape index (κ3) is 3.91. The average molecular weight is 325 g/mol. The molecule has 2 N–H and O–H groups in total. The van der Waals surface area contributed by atoms with Crippen molar-refractivity contribution in [3.8, 4) is 0 Å². The van der Waals surface area contributed by atoms with Crippen LogP contribution in [0.4, 0.5) is 5.69 Å². The van der Waals surface area contributed by atoms with Gasteiger partial charge in [0.05, 0.1) is 16.3 Å². The van der Waals surface area contributed by atoms with Gasteiger partial charge >= 0.3 is 5.97 Å². The van der Waals surface area contributed by atoms with Crippen LogP contribution in [-0.4, -0.2) is 36.0 Å². The maximum atomic E-state index is 12.3. The molecule has 6 heteroatoms. The van der Waals surface area contributed by atoms with E-state index >= 15 is 0 Å². The van der Waals surface area contributed by atoms with Crippen molar-refractivity contribution in [2.75, 3.05) is 18.8 Å². The molecule has 0 spiro atoms. The van der Waals surface area contributed by atoms with Crippen molar-refractivity contribution in [3.05, 3.63) is 28.8 Å². The van der Waals surface area contributed by atoms with E-state index in [4.69, 9.17) is 22.1 Å². The molecular formula is C16H21ClN2O3. The number of carbonyl (C=O) groups is 2. The van der Waals surface area contributed by atoms with Crippen LogP contribution < -0.4 is 5.73 Å². The van der Waals surface area contributed by atoms with E-state index in [0.717, 1.165) is 25.9 Å². The highest BCUT2D eigenvalue weighted by atomic mass is 35.5. The molecule has 1 unspecified atom stereocenters. The molecule has 0 radical (unpaired) electrons. The van der Waals surface area contributed by atoms with Crippen LogP contribution in [0.25, 0.3) is 0 Å². The van der Waals surface area contributed by atoms with Gasteiger partial charge in [0, 0.05) is 13.1 Å². The number of nitrogen functional groups attached to an aromatic ring is 1. The first-order valence-electron chi connectivity index (χ1n) is 7.43. The van der Waals surface area contributed by atoms with Crippen LogP contribution in [0.15, 0.2) is 18.2 Å². The van der Waals surface area contributed by atoms with Gasteiger partial charge in [0.15, 0.2) is 6.10 Å². The Kier molecular flexibility index (Phi) is 5.29. The fourth-order valence-electron chi connectivity index (χ4n) is 2.44. The summed E-state index contributed by atoms with van der Waals surface area (Å²) in [4.78, 5) is 26.1. The summed E-state index contributed by atoms with van der Waals surface area (Å²) in [7, 11) is 0. The van der Waals surface area contributed by atoms with Crippen LogP contribution in [0.1, 0.15) is 37.0 Å². The highest BCUT2D eigenvalue weighted by Crippen LogP contribution is 2.21. The van der Waals surface area contributed by atoms with Crippen LogP contribution in [0.2, 0.25) is 5.02 Å². The van der Waals surface area contributed by atoms with E-state index in [-0.39, 0.29) is 11.5 Å². The van der Waals surface area contributed by atoms with Gasteiger partial charge < -0.3 is 15.4 Å². The number of anilines is 1. The van der Waals surface area contributed by atoms with Crippen molar-refractivity contribution in [2.24, 2.45) is 5.92 Å². The number of nitrogens with zero attached hydrogens (tertiary/aromatic N) is 1. The second-order valence-corrected chi connectivity index (χ2v) is 6.20. The number of halogens is 1. The van der Waals surface area contributed by atoms with Crippen LogP contribution in [0.5, 0.6) is 0 Å². The molecule has 1 atom stereocenters. The lowest BCUT2D eigenvalue weighted by molar-refractivity contribution is -0.141. The minimum Gasteiger partial charge on any atom is -0.449 e. The molecule has 1 saturated heterocycles. The lowest BCUT2D eigenvalue weighted by atomic mass is 9.99. The second kappa shape index (κ2) is 7.01. The van der Waals surface area contributed by atoms with Crippen LogP contribution in [0, 0.1) is 5.92 Å². The van der Waals surface area contributed by atoms with Gasteiger partial charge in [0.1, 0.15) is 0 Å². The molecule has 22 heavy (non-hydrogen) atoms. The van der Waals surface area contributed by atoms with Gasteiger partial charge in [-0.25, -0.2) is 4.79 Å². The summed E-state index contributed by atoms with van der Waals surface area (Å²) in [6, 6.07) is 4.51. The Bertz CT molecular complexity index is 569. The minimum absolute atomic E-state index is 0.151. The van der Waals surface area contributed by atoms with Crippen molar-refractivity contribution in [2.45, 2.75) is 32.8 Å². The first kappa shape index (κ1) is 16.6. The van der Waals surface area contributed by atoms with Crippen LogP contribution in [-0.2, 0) is 9.53 Å². The molecule has 0 saturated carbocycles. The summed E-state index contributed by atoms with van der Waals surface area (Å²) in [6.45, 7) is 5.21. The number of nitrogens with two attached hydrogens (primary N) is 1. The number of benzene rings is 1. The monoisotopic (exact) mass is 324 g/mol. The molecule has 1 aromatic rings. The van der Waals surface area contributed by atoms with E-state index in [0.29, 0.717) is 16.6 Å². The van der Waals surface area contributed by atoms with Crippen molar-refractivity contribution in [1.29, 1.82) is 0 Å². The van der Waals surface area contributed by atoms with Crippen molar-refractivity contribution < 1.29 is 14.3 Å². The SMILES string of the molecule is CC1CCN(C(=O)C(C)OC(=O)c2ccc(Cl)c(N)c2)CC1. The molecule has 0 aliphatic carbocycles. The maximum Gasteiger partial charge on any atom is 0.338 e. The van der Waals surface area contributed by atoms with Gasteiger partial charge in [-0.05, 0) is 43.9 Å². The quantitative estimate of drug-likeness (QED) is 0.685. The Balaban J connectivity index is 1.95. The van der Waals surface area contributed by atoms with E-state index in [2.05, 4.69) is 6.92 Å². The molecule has 1 aliphatic rings. The molecule has 1 amide bonds. The zero-order chi connectivity index (χ0) is 16.3. The number of esters is 1. The number of rotatable bonds is 3. The highest BCUT2D eigenvalue weighted by Gasteiger charge is 2.27. The van der Waals surface area contributed by atoms with Crippen molar-refractivity contribution in [3.63, 3.8) is 0 Å². The summed E-state index contributed by atoms with van der Waals surface area (Å²) in [5.74, 6) is -0.0873. The molecule has 2 rings (SSSR count). The standard InChI is InChI=1S/C16H21ClN2O3/c1-10-5-7-19(8-6-10)15(20)11(2)22-16(21)12-3-4-13(17)14(18)9-12/h3-4,9-11H,5-8,18H2,1-2H3. The predicted molar refractivity (Wildman–Crippen MR) is 85.7 cm³/mol. The lowest BCUT2D eigenvalue weighted by Gasteiger charge is -2.31. The predicted octanol–water partition coefficient (Wildman–Crippen LogP) is 2.73. The normalized spacial score (nSPS) is 17.1. The second-order valence-electron chi connectivity index (χ2n) is 5.79. The fourth-order valence-corrected chi connectivity index (χ4v) is 2.55. The highest BCUT2D eigenvalue weighted by molar-refractivity contribution is 6.33. The Morgan fingerprint density at radius 3 is 2.59 bits per heavy atom.